The molecule has 66 valence electrons. The number of amides is 1. The van der Waals surface area contributed by atoms with Gasteiger partial charge in [-0.05, 0) is 19.8 Å². The minimum Gasteiger partial charge on any atom is -0.341 e. The number of carbonyl (C=O) groups excluding carboxylic acids is 1. The van der Waals surface area contributed by atoms with Crippen molar-refractivity contribution in [1.82, 2.24) is 10.2 Å². The summed E-state index contributed by atoms with van der Waals surface area (Å²) in [5, 5.41) is 10.7. The van der Waals surface area contributed by atoms with E-state index in [-0.39, 0.29) is 11.9 Å². The molecule has 1 aliphatic heterocycles. The minimum absolute atomic E-state index is 0.0362. The zero-order valence-electron chi connectivity index (χ0n) is 7.21. The summed E-state index contributed by atoms with van der Waals surface area (Å²) < 4.78 is 0. The molecule has 0 aromatic rings. The monoisotopic (exact) mass is 167 g/mol. The highest BCUT2D eigenvalue weighted by molar-refractivity contribution is 5.81. The summed E-state index contributed by atoms with van der Waals surface area (Å²) in [6.45, 7) is 3.40. The Bertz CT molecular complexity index is 203. The Kier molecular flexibility index (Phi) is 2.92. The predicted molar refractivity (Wildman–Crippen MR) is 44.0 cm³/mol. The maximum absolute atomic E-state index is 11.4. The van der Waals surface area contributed by atoms with Gasteiger partial charge in [0.05, 0.1) is 0 Å². The molecule has 0 spiro atoms. The van der Waals surface area contributed by atoms with Crippen molar-refractivity contribution in [3.05, 3.63) is 0 Å². The van der Waals surface area contributed by atoms with Crippen molar-refractivity contribution in [3.8, 4) is 6.19 Å². The average Bonchev–Trinajstić information content (AvgIpc) is 2.55. The van der Waals surface area contributed by atoms with Crippen LogP contribution in [0.5, 0.6) is 0 Å². The van der Waals surface area contributed by atoms with Crippen molar-refractivity contribution in [3.63, 3.8) is 0 Å². The highest BCUT2D eigenvalue weighted by Crippen LogP contribution is 2.08. The molecular weight excluding hydrogens is 154 g/mol. The second-order valence-electron chi connectivity index (χ2n) is 3.01. The number of nitrogens with zero attached hydrogens (tertiary/aromatic N) is 2. The lowest BCUT2D eigenvalue weighted by Crippen LogP contribution is -2.41. The van der Waals surface area contributed by atoms with E-state index in [1.54, 1.807) is 18.0 Å². The van der Waals surface area contributed by atoms with Crippen LogP contribution in [0.4, 0.5) is 0 Å². The van der Waals surface area contributed by atoms with E-state index in [4.69, 9.17) is 5.26 Å². The van der Waals surface area contributed by atoms with Crippen LogP contribution in [0.3, 0.4) is 0 Å². The molecule has 1 N–H and O–H groups in total. The van der Waals surface area contributed by atoms with Gasteiger partial charge in [0.25, 0.3) is 0 Å². The molecule has 1 atom stereocenters. The number of carbonyl (C=O) groups is 1. The SMILES string of the molecule is CC(NC#N)C(=O)N1CCCC1. The lowest BCUT2D eigenvalue weighted by Gasteiger charge is -2.18. The zero-order chi connectivity index (χ0) is 8.97. The topological polar surface area (TPSA) is 56.1 Å². The summed E-state index contributed by atoms with van der Waals surface area (Å²) in [5.41, 5.74) is 0. The Morgan fingerprint density at radius 3 is 2.67 bits per heavy atom. The van der Waals surface area contributed by atoms with Gasteiger partial charge in [-0.1, -0.05) is 0 Å². The van der Waals surface area contributed by atoms with Crippen LogP contribution < -0.4 is 5.32 Å². The molecule has 1 saturated heterocycles. The first-order valence-corrected chi connectivity index (χ1v) is 4.19. The van der Waals surface area contributed by atoms with Gasteiger partial charge in [0.1, 0.15) is 6.04 Å². The van der Waals surface area contributed by atoms with Crippen LogP contribution in [0.1, 0.15) is 19.8 Å². The van der Waals surface area contributed by atoms with Gasteiger partial charge in [0, 0.05) is 13.1 Å². The summed E-state index contributed by atoms with van der Waals surface area (Å²) in [6.07, 6.45) is 3.95. The van der Waals surface area contributed by atoms with Crippen LogP contribution in [0.25, 0.3) is 0 Å². The maximum Gasteiger partial charge on any atom is 0.245 e. The molecule has 4 nitrogen and oxygen atoms in total. The Morgan fingerprint density at radius 2 is 2.17 bits per heavy atom. The van der Waals surface area contributed by atoms with Crippen molar-refractivity contribution in [2.24, 2.45) is 0 Å². The lowest BCUT2D eigenvalue weighted by molar-refractivity contribution is -0.131. The van der Waals surface area contributed by atoms with Crippen LogP contribution in [0.15, 0.2) is 0 Å². The Hall–Kier alpha value is -1.24. The van der Waals surface area contributed by atoms with Gasteiger partial charge in [-0.15, -0.1) is 0 Å². The van der Waals surface area contributed by atoms with Crippen LogP contribution in [0.2, 0.25) is 0 Å². The van der Waals surface area contributed by atoms with Gasteiger partial charge in [-0.25, -0.2) is 0 Å². The molecule has 1 rings (SSSR count). The molecule has 1 fully saturated rings. The number of hydrogen-bond acceptors (Lipinski definition) is 3. The molecule has 12 heavy (non-hydrogen) atoms. The number of nitrogens with one attached hydrogen (secondary N) is 1. The minimum atomic E-state index is -0.368. The second kappa shape index (κ2) is 3.96. The summed E-state index contributed by atoms with van der Waals surface area (Å²) in [4.78, 5) is 13.2. The van der Waals surface area contributed by atoms with Gasteiger partial charge < -0.3 is 10.2 Å². The molecule has 0 radical (unpaired) electrons. The quantitative estimate of drug-likeness (QED) is 0.467. The molecule has 0 bridgehead atoms. The highest BCUT2D eigenvalue weighted by Gasteiger charge is 2.22. The largest absolute Gasteiger partial charge is 0.341 e. The smallest absolute Gasteiger partial charge is 0.245 e. The summed E-state index contributed by atoms with van der Waals surface area (Å²) >= 11 is 0. The van der Waals surface area contributed by atoms with Gasteiger partial charge in [-0.3, -0.25) is 4.79 Å². The normalized spacial score (nSPS) is 18.5. The van der Waals surface area contributed by atoms with E-state index >= 15 is 0 Å². The molecule has 1 unspecified atom stereocenters. The molecule has 1 aliphatic rings. The number of rotatable bonds is 2. The van der Waals surface area contributed by atoms with E-state index in [1.165, 1.54) is 0 Å². The van der Waals surface area contributed by atoms with Crippen molar-refractivity contribution in [1.29, 1.82) is 5.26 Å². The van der Waals surface area contributed by atoms with Gasteiger partial charge in [0.15, 0.2) is 6.19 Å². The van der Waals surface area contributed by atoms with E-state index in [0.29, 0.717) is 0 Å². The molecule has 0 saturated carbocycles. The first-order chi connectivity index (χ1) is 5.75. The van der Waals surface area contributed by atoms with Crippen LogP contribution in [-0.4, -0.2) is 29.9 Å². The Labute approximate surface area is 72.2 Å². The number of nitriles is 1. The third kappa shape index (κ3) is 1.88. The van der Waals surface area contributed by atoms with Crippen molar-refractivity contribution >= 4 is 5.91 Å². The van der Waals surface area contributed by atoms with E-state index in [9.17, 15) is 4.79 Å². The molecule has 0 aliphatic carbocycles. The number of likely N-dealkylation sites (tertiary alicyclic amines) is 1. The van der Waals surface area contributed by atoms with Crippen LogP contribution in [0, 0.1) is 11.5 Å². The fourth-order valence-corrected chi connectivity index (χ4v) is 1.37. The molecule has 1 amide bonds. The molecule has 0 aromatic carbocycles. The Morgan fingerprint density at radius 1 is 1.58 bits per heavy atom. The third-order valence-electron chi connectivity index (χ3n) is 2.07. The van der Waals surface area contributed by atoms with E-state index in [1.807, 2.05) is 0 Å². The van der Waals surface area contributed by atoms with E-state index < -0.39 is 0 Å². The van der Waals surface area contributed by atoms with Gasteiger partial charge >= 0.3 is 0 Å². The fraction of sp³-hybridized carbons (Fsp3) is 0.750. The van der Waals surface area contributed by atoms with Gasteiger partial charge in [-0.2, -0.15) is 5.26 Å². The van der Waals surface area contributed by atoms with Crippen molar-refractivity contribution in [2.45, 2.75) is 25.8 Å². The molecule has 0 aromatic heterocycles. The average molecular weight is 167 g/mol. The van der Waals surface area contributed by atoms with Crippen molar-refractivity contribution in [2.75, 3.05) is 13.1 Å². The van der Waals surface area contributed by atoms with Crippen molar-refractivity contribution < 1.29 is 4.79 Å². The fourth-order valence-electron chi connectivity index (χ4n) is 1.37. The maximum atomic E-state index is 11.4. The van der Waals surface area contributed by atoms with E-state index in [2.05, 4.69) is 5.32 Å². The predicted octanol–water partition coefficient (Wildman–Crippen LogP) is 0.0680. The lowest BCUT2D eigenvalue weighted by atomic mass is 10.3. The second-order valence-corrected chi connectivity index (χ2v) is 3.01. The first kappa shape index (κ1) is 8.85. The first-order valence-electron chi connectivity index (χ1n) is 4.19. The molecular formula is C8H13N3O. The van der Waals surface area contributed by atoms with E-state index in [0.717, 1.165) is 25.9 Å². The third-order valence-corrected chi connectivity index (χ3v) is 2.07. The molecule has 1 heterocycles. The molecule has 4 heteroatoms. The Balaban J connectivity index is 2.41. The van der Waals surface area contributed by atoms with Crippen LogP contribution in [-0.2, 0) is 4.79 Å². The summed E-state index contributed by atoms with van der Waals surface area (Å²) in [6, 6.07) is -0.368. The highest BCUT2D eigenvalue weighted by atomic mass is 16.2. The number of hydrogen-bond donors (Lipinski definition) is 1. The zero-order valence-corrected chi connectivity index (χ0v) is 7.21. The summed E-state index contributed by atoms with van der Waals surface area (Å²) in [7, 11) is 0. The standard InChI is InChI=1S/C8H13N3O/c1-7(10-6-9)8(12)11-4-2-3-5-11/h7,10H,2-5H2,1H3. The van der Waals surface area contributed by atoms with Crippen LogP contribution >= 0.6 is 0 Å². The summed E-state index contributed by atoms with van der Waals surface area (Å²) in [5.74, 6) is 0.0362. The van der Waals surface area contributed by atoms with Gasteiger partial charge in [0.2, 0.25) is 5.91 Å².